The molecular weight excluding hydrogens is 324 g/mol. The maximum absolute atomic E-state index is 11.5. The summed E-state index contributed by atoms with van der Waals surface area (Å²) in [4.78, 5) is 12.4. The number of nitro benzene ring substituents is 1. The van der Waals surface area contributed by atoms with Crippen molar-refractivity contribution in [1.82, 2.24) is 0 Å². The van der Waals surface area contributed by atoms with E-state index in [0.717, 1.165) is 0 Å². The molecule has 0 aliphatic heterocycles. The molecule has 0 saturated heterocycles. The lowest BCUT2D eigenvalue weighted by Gasteiger charge is -2.07. The molecule has 0 saturated carbocycles. The Kier molecular flexibility index (Phi) is 4.79. The lowest BCUT2D eigenvalue weighted by atomic mass is 10.2. The molecule has 23 heavy (non-hydrogen) atoms. The Bertz CT molecular complexity index is 873. The van der Waals surface area contributed by atoms with Crippen LogP contribution < -0.4 is 4.74 Å². The van der Waals surface area contributed by atoms with E-state index in [1.165, 1.54) is 42.5 Å². The van der Waals surface area contributed by atoms with Crippen LogP contribution in [0.25, 0.3) is 10.4 Å². The maximum Gasteiger partial charge on any atom is 0.310 e. The van der Waals surface area contributed by atoms with Gasteiger partial charge in [0.2, 0.25) is 0 Å². The molecule has 0 amide bonds. The maximum atomic E-state index is 11.5. The van der Waals surface area contributed by atoms with Gasteiger partial charge in [-0.2, -0.15) is 0 Å². The molecule has 118 valence electrons. The van der Waals surface area contributed by atoms with E-state index in [9.17, 15) is 18.5 Å². The summed E-state index contributed by atoms with van der Waals surface area (Å²) in [5.74, 6) is 0.114. The average molecular weight is 334 g/mol. The number of hydrogen-bond donors (Lipinski definition) is 0. The molecule has 2 aromatic rings. The molecule has 0 heterocycles. The van der Waals surface area contributed by atoms with E-state index in [1.54, 1.807) is 6.07 Å². The number of rotatable bonds is 6. The Balaban J connectivity index is 2.14. The first-order valence-electron chi connectivity index (χ1n) is 6.20. The zero-order chi connectivity index (χ0) is 16.9. The van der Waals surface area contributed by atoms with Gasteiger partial charge in [0.1, 0.15) is 6.61 Å². The van der Waals surface area contributed by atoms with Crippen LogP contribution in [0.4, 0.5) is 5.69 Å². The summed E-state index contributed by atoms with van der Waals surface area (Å²) < 4.78 is 31.1. The molecule has 0 unspecified atom stereocenters. The monoisotopic (exact) mass is 334 g/mol. The third-order valence-electron chi connectivity index (χ3n) is 2.82. The first kappa shape index (κ1) is 16.3. The van der Waals surface area contributed by atoms with Crippen LogP contribution in [0.2, 0.25) is 0 Å². The number of nitrogens with zero attached hydrogens (tertiary/aromatic N) is 4. The topological polar surface area (TPSA) is 135 Å². The summed E-state index contributed by atoms with van der Waals surface area (Å²) in [5, 5.41) is 10.9. The normalized spacial score (nSPS) is 10.6. The van der Waals surface area contributed by atoms with Gasteiger partial charge in [-0.25, -0.2) is 8.42 Å². The van der Waals surface area contributed by atoms with E-state index < -0.39 is 14.9 Å². The molecule has 0 spiro atoms. The molecule has 0 aliphatic rings. The van der Waals surface area contributed by atoms with Crippen molar-refractivity contribution in [2.24, 2.45) is 4.52 Å². The summed E-state index contributed by atoms with van der Waals surface area (Å²) in [6.45, 7) is 0.0205. The minimum atomic E-state index is -4.03. The molecule has 10 heteroatoms. The van der Waals surface area contributed by atoms with Crippen LogP contribution in [0.1, 0.15) is 5.56 Å². The van der Waals surface area contributed by atoms with Crippen molar-refractivity contribution >= 4 is 15.7 Å². The predicted octanol–water partition coefficient (Wildman–Crippen LogP) is 3.17. The molecular formula is C13H10N4O5S. The van der Waals surface area contributed by atoms with Gasteiger partial charge in [-0.15, -0.1) is 0 Å². The Labute approximate surface area is 131 Å². The van der Waals surface area contributed by atoms with Crippen LogP contribution in [0.5, 0.6) is 5.75 Å². The number of benzene rings is 2. The number of ether oxygens (including phenoxy) is 1. The van der Waals surface area contributed by atoms with Crippen molar-refractivity contribution in [3.05, 3.63) is 74.7 Å². The molecule has 0 bridgehead atoms. The standard InChI is InChI=1S/C13H10N4O5S/c14-15-16-23(20,21)11-7-5-10(6-8-11)9-22-13-4-2-1-3-12(13)17(18)19/h1-8H,9H2. The van der Waals surface area contributed by atoms with E-state index >= 15 is 0 Å². The number of para-hydroxylation sites is 2. The summed E-state index contributed by atoms with van der Waals surface area (Å²) in [5.41, 5.74) is 8.65. The lowest BCUT2D eigenvalue weighted by Crippen LogP contribution is -2.00. The largest absolute Gasteiger partial charge is 0.482 e. The molecule has 0 aromatic heterocycles. The zero-order valence-corrected chi connectivity index (χ0v) is 12.4. The van der Waals surface area contributed by atoms with Crippen LogP contribution in [0.15, 0.2) is 57.9 Å². The lowest BCUT2D eigenvalue weighted by molar-refractivity contribution is -0.385. The minimum Gasteiger partial charge on any atom is -0.482 e. The number of hydrogen-bond acceptors (Lipinski definition) is 5. The van der Waals surface area contributed by atoms with Crippen molar-refractivity contribution in [3.8, 4) is 5.75 Å². The van der Waals surface area contributed by atoms with Crippen LogP contribution in [0, 0.1) is 10.1 Å². The van der Waals surface area contributed by atoms with Crippen molar-refractivity contribution in [2.75, 3.05) is 0 Å². The molecule has 9 nitrogen and oxygen atoms in total. The smallest absolute Gasteiger partial charge is 0.310 e. The minimum absolute atomic E-state index is 0.0205. The van der Waals surface area contributed by atoms with Crippen LogP contribution in [-0.4, -0.2) is 13.3 Å². The highest BCUT2D eigenvalue weighted by molar-refractivity contribution is 7.90. The highest BCUT2D eigenvalue weighted by Gasteiger charge is 2.14. The first-order chi connectivity index (χ1) is 10.9. The van der Waals surface area contributed by atoms with Crippen molar-refractivity contribution < 1.29 is 18.1 Å². The number of sulfonamides is 1. The SMILES string of the molecule is [N-]=[N+]=NS(=O)(=O)c1ccc(COc2ccccc2[N+](=O)[O-])cc1. The second-order valence-electron chi connectivity index (χ2n) is 4.30. The van der Waals surface area contributed by atoms with Crippen LogP contribution in [0.3, 0.4) is 0 Å². The molecule has 0 aliphatic carbocycles. The molecule has 0 N–H and O–H groups in total. The predicted molar refractivity (Wildman–Crippen MR) is 80.2 cm³/mol. The van der Waals surface area contributed by atoms with E-state index in [4.69, 9.17) is 10.3 Å². The zero-order valence-electron chi connectivity index (χ0n) is 11.6. The Morgan fingerprint density at radius 3 is 2.43 bits per heavy atom. The molecule has 0 radical (unpaired) electrons. The summed E-state index contributed by atoms with van der Waals surface area (Å²) >= 11 is 0. The van der Waals surface area contributed by atoms with Gasteiger partial charge in [-0.1, -0.05) is 24.3 Å². The summed E-state index contributed by atoms with van der Waals surface area (Å²) in [7, 11) is -4.03. The Morgan fingerprint density at radius 2 is 1.83 bits per heavy atom. The Morgan fingerprint density at radius 1 is 1.17 bits per heavy atom. The molecule has 2 rings (SSSR count). The van der Waals surface area contributed by atoms with Gasteiger partial charge >= 0.3 is 5.69 Å². The summed E-state index contributed by atoms with van der Waals surface area (Å²) in [6, 6.07) is 11.4. The number of azide groups is 1. The first-order valence-corrected chi connectivity index (χ1v) is 7.64. The van der Waals surface area contributed by atoms with Crippen molar-refractivity contribution in [2.45, 2.75) is 11.5 Å². The molecule has 2 aromatic carbocycles. The fraction of sp³-hybridized carbons (Fsp3) is 0.0769. The average Bonchev–Trinajstić information content (AvgIpc) is 2.53. The van der Waals surface area contributed by atoms with Crippen LogP contribution in [-0.2, 0) is 16.6 Å². The van der Waals surface area contributed by atoms with Gasteiger partial charge in [0.05, 0.1) is 9.82 Å². The van der Waals surface area contributed by atoms with Gasteiger partial charge in [0, 0.05) is 15.5 Å². The van der Waals surface area contributed by atoms with E-state index in [0.29, 0.717) is 5.56 Å². The van der Waals surface area contributed by atoms with E-state index in [-0.39, 0.29) is 22.9 Å². The quantitative estimate of drug-likeness (QED) is 0.263. The second kappa shape index (κ2) is 6.77. The highest BCUT2D eigenvalue weighted by Crippen LogP contribution is 2.26. The second-order valence-corrected chi connectivity index (χ2v) is 5.89. The van der Waals surface area contributed by atoms with Gasteiger partial charge in [0.25, 0.3) is 10.0 Å². The van der Waals surface area contributed by atoms with Gasteiger partial charge in [0.15, 0.2) is 5.75 Å². The fourth-order valence-corrected chi connectivity index (χ4v) is 2.41. The highest BCUT2D eigenvalue weighted by atomic mass is 32.2. The third kappa shape index (κ3) is 3.96. The third-order valence-corrected chi connectivity index (χ3v) is 3.98. The fourth-order valence-electron chi connectivity index (χ4n) is 1.74. The van der Waals surface area contributed by atoms with Gasteiger partial charge in [-0.05, 0) is 29.3 Å². The number of nitro groups is 1. The van der Waals surface area contributed by atoms with Crippen LogP contribution >= 0.6 is 0 Å². The molecule has 0 fully saturated rings. The van der Waals surface area contributed by atoms with Gasteiger partial charge < -0.3 is 4.74 Å². The van der Waals surface area contributed by atoms with Crippen molar-refractivity contribution in [1.29, 1.82) is 0 Å². The molecule has 0 atom stereocenters. The van der Waals surface area contributed by atoms with E-state index in [1.807, 2.05) is 0 Å². The Hall–Kier alpha value is -3.10. The summed E-state index contributed by atoms with van der Waals surface area (Å²) in [6.07, 6.45) is 0. The van der Waals surface area contributed by atoms with Crippen molar-refractivity contribution in [3.63, 3.8) is 0 Å². The van der Waals surface area contributed by atoms with E-state index in [2.05, 4.69) is 9.43 Å². The van der Waals surface area contributed by atoms with Gasteiger partial charge in [-0.3, -0.25) is 10.1 Å².